The molecule has 3 amide bonds. The van der Waals surface area contributed by atoms with Gasteiger partial charge in [0, 0.05) is 32.2 Å². The van der Waals surface area contributed by atoms with Crippen molar-refractivity contribution in [3.05, 3.63) is 35.1 Å². The molecular formula is C16H17FN4O2. The Morgan fingerprint density at radius 1 is 1.39 bits per heavy atom. The first-order valence-electron chi connectivity index (χ1n) is 7.47. The third-order valence-electron chi connectivity index (χ3n) is 4.90. The van der Waals surface area contributed by atoms with Crippen molar-refractivity contribution in [2.24, 2.45) is 0 Å². The molecule has 2 heterocycles. The van der Waals surface area contributed by atoms with Gasteiger partial charge < -0.3 is 15.1 Å². The van der Waals surface area contributed by atoms with Crippen LogP contribution in [0.5, 0.6) is 0 Å². The second kappa shape index (κ2) is 5.54. The summed E-state index contributed by atoms with van der Waals surface area (Å²) < 4.78 is 13.4. The van der Waals surface area contributed by atoms with Gasteiger partial charge in [-0.1, -0.05) is 0 Å². The van der Waals surface area contributed by atoms with Crippen LogP contribution in [0, 0.1) is 17.1 Å². The van der Waals surface area contributed by atoms with E-state index in [-0.39, 0.29) is 23.0 Å². The summed E-state index contributed by atoms with van der Waals surface area (Å²) in [5, 5.41) is 11.7. The molecule has 0 atom stereocenters. The largest absolute Gasteiger partial charge is 0.338 e. The fourth-order valence-corrected chi connectivity index (χ4v) is 3.26. The number of carbonyl (C=O) groups excluding carboxylic acids is 2. The van der Waals surface area contributed by atoms with Gasteiger partial charge in [0.05, 0.1) is 11.1 Å². The lowest BCUT2D eigenvalue weighted by atomic mass is 9.87. The Morgan fingerprint density at radius 3 is 2.65 bits per heavy atom. The molecule has 0 saturated carbocycles. The van der Waals surface area contributed by atoms with E-state index in [1.54, 1.807) is 22.9 Å². The monoisotopic (exact) mass is 316 g/mol. The third-order valence-corrected chi connectivity index (χ3v) is 4.90. The molecule has 23 heavy (non-hydrogen) atoms. The quantitative estimate of drug-likeness (QED) is 0.849. The maximum Gasteiger partial charge on any atom is 0.317 e. The second-order valence-corrected chi connectivity index (χ2v) is 6.04. The van der Waals surface area contributed by atoms with Crippen molar-refractivity contribution in [3.63, 3.8) is 0 Å². The molecule has 1 spiro atoms. The molecule has 1 aromatic rings. The predicted molar refractivity (Wildman–Crippen MR) is 80.1 cm³/mol. The van der Waals surface area contributed by atoms with E-state index in [9.17, 15) is 14.0 Å². The smallest absolute Gasteiger partial charge is 0.317 e. The van der Waals surface area contributed by atoms with Crippen LogP contribution in [-0.4, -0.2) is 54.0 Å². The Bertz CT molecular complexity index is 705. The molecule has 2 fully saturated rings. The van der Waals surface area contributed by atoms with Gasteiger partial charge in [0.2, 0.25) is 0 Å². The molecule has 3 rings (SSSR count). The van der Waals surface area contributed by atoms with Crippen LogP contribution in [0.3, 0.4) is 0 Å². The summed E-state index contributed by atoms with van der Waals surface area (Å²) in [6, 6.07) is 5.49. The lowest BCUT2D eigenvalue weighted by molar-refractivity contribution is 0.0565. The van der Waals surface area contributed by atoms with Crippen LogP contribution in [0.2, 0.25) is 0 Å². The molecule has 2 aliphatic heterocycles. The SMILES string of the molecule is CN1C(=O)NCC12CCN(C(=O)c1ccc(F)c(C#N)c1)CC2. The Kier molecular flexibility index (Phi) is 3.68. The van der Waals surface area contributed by atoms with Crippen LogP contribution in [0.1, 0.15) is 28.8 Å². The number of benzene rings is 1. The molecule has 2 aliphatic rings. The molecule has 1 aromatic carbocycles. The number of nitriles is 1. The predicted octanol–water partition coefficient (Wildman–Crippen LogP) is 1.33. The highest BCUT2D eigenvalue weighted by Gasteiger charge is 2.45. The third kappa shape index (κ3) is 2.50. The first-order valence-corrected chi connectivity index (χ1v) is 7.47. The number of likely N-dealkylation sites (N-methyl/N-ethyl adjacent to an activating group) is 1. The van der Waals surface area contributed by atoms with Crippen molar-refractivity contribution in [1.82, 2.24) is 15.1 Å². The number of carbonyl (C=O) groups is 2. The van der Waals surface area contributed by atoms with Crippen LogP contribution >= 0.6 is 0 Å². The zero-order valence-corrected chi connectivity index (χ0v) is 12.8. The Hall–Kier alpha value is -2.62. The number of nitrogens with one attached hydrogen (secondary N) is 1. The molecule has 0 unspecified atom stereocenters. The van der Waals surface area contributed by atoms with Crippen molar-refractivity contribution in [1.29, 1.82) is 5.26 Å². The molecule has 2 saturated heterocycles. The van der Waals surface area contributed by atoms with Crippen molar-refractivity contribution < 1.29 is 14.0 Å². The van der Waals surface area contributed by atoms with E-state index in [0.717, 1.165) is 6.07 Å². The van der Waals surface area contributed by atoms with Gasteiger partial charge in [-0.3, -0.25) is 4.79 Å². The van der Waals surface area contributed by atoms with E-state index in [0.29, 0.717) is 38.0 Å². The van der Waals surface area contributed by atoms with E-state index in [1.807, 2.05) is 0 Å². The fraction of sp³-hybridized carbons (Fsp3) is 0.438. The molecule has 0 aromatic heterocycles. The number of likely N-dealkylation sites (tertiary alicyclic amines) is 1. The van der Waals surface area contributed by atoms with Crippen molar-refractivity contribution in [3.8, 4) is 6.07 Å². The van der Waals surface area contributed by atoms with Gasteiger partial charge in [0.1, 0.15) is 11.9 Å². The molecule has 1 N–H and O–H groups in total. The Morgan fingerprint density at radius 2 is 2.09 bits per heavy atom. The van der Waals surface area contributed by atoms with Crippen LogP contribution in [0.25, 0.3) is 0 Å². The number of hydrogen-bond donors (Lipinski definition) is 1. The summed E-state index contributed by atoms with van der Waals surface area (Å²) in [7, 11) is 1.78. The number of piperidine rings is 1. The van der Waals surface area contributed by atoms with Gasteiger partial charge in [-0.2, -0.15) is 5.26 Å². The summed E-state index contributed by atoms with van der Waals surface area (Å²) in [5.74, 6) is -0.838. The lowest BCUT2D eigenvalue weighted by Crippen LogP contribution is -2.54. The average Bonchev–Trinajstić information content (AvgIpc) is 2.84. The van der Waals surface area contributed by atoms with Gasteiger partial charge in [-0.05, 0) is 31.0 Å². The number of rotatable bonds is 1. The van der Waals surface area contributed by atoms with E-state index >= 15 is 0 Å². The molecule has 6 nitrogen and oxygen atoms in total. The molecule has 120 valence electrons. The van der Waals surface area contributed by atoms with Gasteiger partial charge in [-0.15, -0.1) is 0 Å². The molecular weight excluding hydrogens is 299 g/mol. The normalized spacial score (nSPS) is 19.6. The average molecular weight is 316 g/mol. The Labute approximate surface area is 133 Å². The maximum absolute atomic E-state index is 13.4. The molecule has 0 bridgehead atoms. The van der Waals surface area contributed by atoms with Crippen molar-refractivity contribution in [2.45, 2.75) is 18.4 Å². The topological polar surface area (TPSA) is 76.4 Å². The zero-order chi connectivity index (χ0) is 16.6. The van der Waals surface area contributed by atoms with Crippen LogP contribution in [0.4, 0.5) is 9.18 Å². The van der Waals surface area contributed by atoms with Crippen molar-refractivity contribution in [2.75, 3.05) is 26.7 Å². The van der Waals surface area contributed by atoms with Gasteiger partial charge in [0.15, 0.2) is 0 Å². The number of amides is 3. The van der Waals surface area contributed by atoms with E-state index in [1.165, 1.54) is 12.1 Å². The highest BCUT2D eigenvalue weighted by molar-refractivity contribution is 5.94. The molecule has 0 radical (unpaired) electrons. The van der Waals surface area contributed by atoms with Crippen LogP contribution < -0.4 is 5.32 Å². The summed E-state index contributed by atoms with van der Waals surface area (Å²) in [6.07, 6.45) is 1.39. The number of halogens is 1. The van der Waals surface area contributed by atoms with Gasteiger partial charge in [-0.25, -0.2) is 9.18 Å². The minimum atomic E-state index is -0.626. The lowest BCUT2D eigenvalue weighted by Gasteiger charge is -2.42. The number of urea groups is 1. The minimum absolute atomic E-state index is 0.0815. The first-order chi connectivity index (χ1) is 11.0. The van der Waals surface area contributed by atoms with Crippen molar-refractivity contribution >= 4 is 11.9 Å². The van der Waals surface area contributed by atoms with Crippen LogP contribution in [0.15, 0.2) is 18.2 Å². The van der Waals surface area contributed by atoms with E-state index in [4.69, 9.17) is 5.26 Å². The van der Waals surface area contributed by atoms with E-state index in [2.05, 4.69) is 5.32 Å². The maximum atomic E-state index is 13.4. The number of nitrogens with zero attached hydrogens (tertiary/aromatic N) is 3. The molecule has 0 aliphatic carbocycles. The Balaban J connectivity index is 1.72. The molecule has 7 heteroatoms. The summed E-state index contributed by atoms with van der Waals surface area (Å²) >= 11 is 0. The number of hydrogen-bond acceptors (Lipinski definition) is 3. The second-order valence-electron chi connectivity index (χ2n) is 6.04. The van der Waals surface area contributed by atoms with Crippen LogP contribution in [-0.2, 0) is 0 Å². The highest BCUT2D eigenvalue weighted by atomic mass is 19.1. The fourth-order valence-electron chi connectivity index (χ4n) is 3.26. The first kappa shape index (κ1) is 15.3. The summed E-state index contributed by atoms with van der Waals surface area (Å²) in [5.41, 5.74) is -0.0448. The standard InChI is InChI=1S/C16H17FN4O2/c1-20-15(23)19-10-16(20)4-6-21(7-5-16)14(22)11-2-3-13(17)12(8-11)9-18/h2-3,8H,4-7,10H2,1H3,(H,19,23). The van der Waals surface area contributed by atoms with E-state index < -0.39 is 5.82 Å². The summed E-state index contributed by atoms with van der Waals surface area (Å²) in [4.78, 5) is 27.6. The summed E-state index contributed by atoms with van der Waals surface area (Å²) in [6.45, 7) is 1.65. The minimum Gasteiger partial charge on any atom is -0.338 e. The van der Waals surface area contributed by atoms with Gasteiger partial charge >= 0.3 is 6.03 Å². The highest BCUT2D eigenvalue weighted by Crippen LogP contribution is 2.31. The zero-order valence-electron chi connectivity index (χ0n) is 12.8. The van der Waals surface area contributed by atoms with Gasteiger partial charge in [0.25, 0.3) is 5.91 Å².